The van der Waals surface area contributed by atoms with Gasteiger partial charge in [0.1, 0.15) is 5.75 Å². The number of piperidine rings is 1. The van der Waals surface area contributed by atoms with Crippen LogP contribution in [-0.2, 0) is 14.8 Å². The Morgan fingerprint density at radius 2 is 1.76 bits per heavy atom. The summed E-state index contributed by atoms with van der Waals surface area (Å²) in [5.41, 5.74) is 2.88. The molecule has 8 heteroatoms. The van der Waals surface area contributed by atoms with Crippen LogP contribution in [0, 0.1) is 19.8 Å². The fourth-order valence-electron chi connectivity index (χ4n) is 4.35. The molecule has 0 aromatic heterocycles. The van der Waals surface area contributed by atoms with Crippen LogP contribution < -0.4 is 10.1 Å². The van der Waals surface area contributed by atoms with Gasteiger partial charge in [0, 0.05) is 25.6 Å². The van der Waals surface area contributed by atoms with Crippen LogP contribution in [0.15, 0.2) is 47.4 Å². The lowest BCUT2D eigenvalue weighted by Crippen LogP contribution is -2.44. The summed E-state index contributed by atoms with van der Waals surface area (Å²) in [5, 5.41) is 3.08. The Bertz CT molecular complexity index is 1060. The van der Waals surface area contributed by atoms with Gasteiger partial charge in [-0.25, -0.2) is 8.42 Å². The second-order valence-corrected chi connectivity index (χ2v) is 10.9. The highest BCUT2D eigenvalue weighted by atomic mass is 32.2. The zero-order chi connectivity index (χ0) is 24.2. The van der Waals surface area contributed by atoms with Gasteiger partial charge < -0.3 is 15.0 Å². The van der Waals surface area contributed by atoms with E-state index in [2.05, 4.69) is 10.2 Å². The molecule has 7 nitrogen and oxygen atoms in total. The lowest BCUT2D eigenvalue weighted by Gasteiger charge is -2.32. The van der Waals surface area contributed by atoms with Crippen molar-refractivity contribution in [1.82, 2.24) is 14.5 Å². The molecule has 33 heavy (non-hydrogen) atoms. The number of likely N-dealkylation sites (N-methyl/N-ethyl adjacent to an activating group) is 1. The van der Waals surface area contributed by atoms with Gasteiger partial charge in [0.25, 0.3) is 0 Å². The molecule has 1 saturated heterocycles. The Morgan fingerprint density at radius 3 is 2.30 bits per heavy atom. The number of rotatable bonds is 8. The molecule has 1 fully saturated rings. The lowest BCUT2D eigenvalue weighted by molar-refractivity contribution is -0.126. The molecule has 2 aromatic carbocycles. The van der Waals surface area contributed by atoms with Gasteiger partial charge >= 0.3 is 0 Å². The first-order chi connectivity index (χ1) is 15.6. The topological polar surface area (TPSA) is 79.0 Å². The van der Waals surface area contributed by atoms with Crippen molar-refractivity contribution in [2.45, 2.75) is 37.6 Å². The predicted molar refractivity (Wildman–Crippen MR) is 130 cm³/mol. The number of amides is 1. The van der Waals surface area contributed by atoms with E-state index >= 15 is 0 Å². The molecule has 0 spiro atoms. The first-order valence-corrected chi connectivity index (χ1v) is 12.7. The third-order valence-corrected chi connectivity index (χ3v) is 8.43. The summed E-state index contributed by atoms with van der Waals surface area (Å²) in [6, 6.07) is 13.3. The number of aryl methyl sites for hydroxylation is 2. The summed E-state index contributed by atoms with van der Waals surface area (Å²) < 4.78 is 32.9. The molecule has 0 bridgehead atoms. The average Bonchev–Trinajstić information content (AvgIpc) is 2.79. The maximum Gasteiger partial charge on any atom is 0.243 e. The van der Waals surface area contributed by atoms with E-state index in [1.807, 2.05) is 64.3 Å². The molecule has 0 unspecified atom stereocenters. The number of carbonyl (C=O) groups excluding carboxylic acids is 1. The van der Waals surface area contributed by atoms with Gasteiger partial charge in [0.05, 0.1) is 18.0 Å². The van der Waals surface area contributed by atoms with Gasteiger partial charge in [0.2, 0.25) is 15.9 Å². The summed E-state index contributed by atoms with van der Waals surface area (Å²) in [6.45, 7) is 4.96. The van der Waals surface area contributed by atoms with Crippen LogP contribution >= 0.6 is 0 Å². The number of benzene rings is 2. The standard InChI is InChI=1S/C25H35N3O4S/c1-18-6-11-24(19(2)16-18)33(30,31)28-14-12-21(13-15-28)25(29)26-17-23(27(3)4)20-7-9-22(32-5)10-8-20/h6-11,16,21,23H,12-15,17H2,1-5H3,(H,26,29)/t23-/m0/s1. The molecule has 1 N–H and O–H groups in total. The first kappa shape index (κ1) is 25.2. The Hall–Kier alpha value is -2.42. The molecule has 1 amide bonds. The Balaban J connectivity index is 1.58. The highest BCUT2D eigenvalue weighted by Crippen LogP contribution is 2.27. The molecule has 1 heterocycles. The fraction of sp³-hybridized carbons (Fsp3) is 0.480. The molecule has 0 saturated carbocycles. The van der Waals surface area contributed by atoms with Gasteiger partial charge in [-0.3, -0.25) is 4.79 Å². The van der Waals surface area contributed by atoms with Crippen LogP contribution in [0.2, 0.25) is 0 Å². The van der Waals surface area contributed by atoms with Crippen LogP contribution in [0.5, 0.6) is 5.75 Å². The molecule has 3 rings (SSSR count). The van der Waals surface area contributed by atoms with E-state index in [1.165, 1.54) is 4.31 Å². The van der Waals surface area contributed by atoms with Crippen molar-refractivity contribution in [3.8, 4) is 5.75 Å². The highest BCUT2D eigenvalue weighted by Gasteiger charge is 2.33. The van der Waals surface area contributed by atoms with Crippen LogP contribution in [0.3, 0.4) is 0 Å². The smallest absolute Gasteiger partial charge is 0.243 e. The number of hydrogen-bond donors (Lipinski definition) is 1. The summed E-state index contributed by atoms with van der Waals surface area (Å²) in [4.78, 5) is 15.3. The predicted octanol–water partition coefficient (Wildman–Crippen LogP) is 3.13. The fourth-order valence-corrected chi connectivity index (χ4v) is 6.03. The van der Waals surface area contributed by atoms with Crippen LogP contribution in [0.25, 0.3) is 0 Å². The quantitative estimate of drug-likeness (QED) is 0.637. The van der Waals surface area contributed by atoms with Crippen LogP contribution in [-0.4, -0.2) is 64.4 Å². The largest absolute Gasteiger partial charge is 0.497 e. The molecule has 0 radical (unpaired) electrons. The number of ether oxygens (including phenoxy) is 1. The van der Waals surface area contributed by atoms with Crippen LogP contribution in [0.4, 0.5) is 0 Å². The minimum atomic E-state index is -3.55. The Morgan fingerprint density at radius 1 is 1.12 bits per heavy atom. The summed E-state index contributed by atoms with van der Waals surface area (Å²) in [6.07, 6.45) is 1.04. The molecular weight excluding hydrogens is 438 g/mol. The number of nitrogens with zero attached hydrogens (tertiary/aromatic N) is 2. The van der Waals surface area contributed by atoms with E-state index in [0.29, 0.717) is 37.4 Å². The second-order valence-electron chi connectivity index (χ2n) is 8.95. The van der Waals surface area contributed by atoms with Gasteiger partial charge in [0.15, 0.2) is 0 Å². The molecule has 1 aliphatic rings. The van der Waals surface area contributed by atoms with Crippen molar-refractivity contribution in [1.29, 1.82) is 0 Å². The Labute approximate surface area is 197 Å². The molecular formula is C25H35N3O4S. The third-order valence-electron chi connectivity index (χ3n) is 6.37. The molecule has 2 aromatic rings. The van der Waals surface area contributed by atoms with E-state index in [9.17, 15) is 13.2 Å². The van der Waals surface area contributed by atoms with Crippen LogP contribution in [0.1, 0.15) is 35.6 Å². The summed E-state index contributed by atoms with van der Waals surface area (Å²) in [5.74, 6) is 0.594. The van der Waals surface area contributed by atoms with Crippen molar-refractivity contribution >= 4 is 15.9 Å². The van der Waals surface area contributed by atoms with Crippen molar-refractivity contribution < 1.29 is 17.9 Å². The van der Waals surface area contributed by atoms with Crippen molar-refractivity contribution in [2.24, 2.45) is 5.92 Å². The number of sulfonamides is 1. The van der Waals surface area contributed by atoms with E-state index in [4.69, 9.17) is 4.74 Å². The number of nitrogens with one attached hydrogen (secondary N) is 1. The molecule has 0 aliphatic carbocycles. The first-order valence-electron chi connectivity index (χ1n) is 11.3. The van der Waals surface area contributed by atoms with Crippen molar-refractivity contribution in [2.75, 3.05) is 40.8 Å². The minimum Gasteiger partial charge on any atom is -0.497 e. The van der Waals surface area contributed by atoms with Gasteiger partial charge in [-0.05, 0) is 70.1 Å². The van der Waals surface area contributed by atoms with E-state index in [0.717, 1.165) is 22.4 Å². The normalized spacial score (nSPS) is 16.5. The van der Waals surface area contributed by atoms with Crippen molar-refractivity contribution in [3.63, 3.8) is 0 Å². The van der Waals surface area contributed by atoms with E-state index in [1.54, 1.807) is 13.2 Å². The van der Waals surface area contributed by atoms with Gasteiger partial charge in [-0.1, -0.05) is 29.8 Å². The maximum atomic E-state index is 13.1. The van der Waals surface area contributed by atoms with E-state index in [-0.39, 0.29) is 17.9 Å². The average molecular weight is 474 g/mol. The monoisotopic (exact) mass is 473 g/mol. The zero-order valence-corrected chi connectivity index (χ0v) is 21.0. The van der Waals surface area contributed by atoms with Gasteiger partial charge in [-0.2, -0.15) is 4.31 Å². The molecule has 1 aliphatic heterocycles. The number of methoxy groups -OCH3 is 1. The molecule has 180 valence electrons. The number of hydrogen-bond acceptors (Lipinski definition) is 5. The summed E-state index contributed by atoms with van der Waals surface area (Å²) >= 11 is 0. The van der Waals surface area contributed by atoms with E-state index < -0.39 is 10.0 Å². The highest BCUT2D eigenvalue weighted by molar-refractivity contribution is 7.89. The maximum absolute atomic E-state index is 13.1. The third kappa shape index (κ3) is 5.93. The number of carbonyl (C=O) groups is 1. The van der Waals surface area contributed by atoms with Crippen molar-refractivity contribution in [3.05, 3.63) is 59.2 Å². The summed E-state index contributed by atoms with van der Waals surface area (Å²) in [7, 11) is 2.05. The lowest BCUT2D eigenvalue weighted by atomic mass is 9.97. The molecule has 1 atom stereocenters. The Kier molecular flexibility index (Phi) is 8.15. The SMILES string of the molecule is COc1ccc([C@H](CNC(=O)C2CCN(S(=O)(=O)c3ccc(C)cc3C)CC2)N(C)C)cc1. The second kappa shape index (κ2) is 10.7. The zero-order valence-electron chi connectivity index (χ0n) is 20.2. The minimum absolute atomic E-state index is 0.0149. The van der Waals surface area contributed by atoms with Gasteiger partial charge in [-0.15, -0.1) is 0 Å².